The van der Waals surface area contributed by atoms with Crippen LogP contribution in [-0.4, -0.2) is 29.7 Å². The molecule has 0 saturated carbocycles. The quantitative estimate of drug-likeness (QED) is 0.454. The Morgan fingerprint density at radius 2 is 1.73 bits per heavy atom. The van der Waals surface area contributed by atoms with E-state index in [1.807, 2.05) is 6.07 Å². The molecule has 0 spiro atoms. The van der Waals surface area contributed by atoms with Crippen molar-refractivity contribution in [2.45, 2.75) is 18.9 Å². The van der Waals surface area contributed by atoms with E-state index in [9.17, 15) is 0 Å². The molecule has 3 aromatic rings. The van der Waals surface area contributed by atoms with Crippen molar-refractivity contribution in [2.75, 3.05) is 13.6 Å². The van der Waals surface area contributed by atoms with E-state index in [4.69, 9.17) is 0 Å². The fraction of sp³-hybridized carbons (Fsp3) is 0.238. The molecule has 134 valence electrons. The van der Waals surface area contributed by atoms with Crippen LogP contribution >= 0.6 is 0 Å². The standard InChI is InChI=1S/C21H25N5/c1-22-21(24-16-20-12-13-25-26-20)23-15-19(18-10-6-3-7-11-18)14-17-8-4-2-5-9-17/h2-13,19H,14-16H2,1H3,(H,25,26)(H2,22,23,24). The number of nitrogens with zero attached hydrogens (tertiary/aromatic N) is 2. The molecular weight excluding hydrogens is 322 g/mol. The van der Waals surface area contributed by atoms with Gasteiger partial charge in [-0.05, 0) is 23.6 Å². The van der Waals surface area contributed by atoms with Gasteiger partial charge in [-0.15, -0.1) is 0 Å². The topological polar surface area (TPSA) is 65.1 Å². The highest BCUT2D eigenvalue weighted by Gasteiger charge is 2.13. The van der Waals surface area contributed by atoms with Gasteiger partial charge in [-0.25, -0.2) is 0 Å². The van der Waals surface area contributed by atoms with Crippen molar-refractivity contribution in [3.8, 4) is 0 Å². The van der Waals surface area contributed by atoms with E-state index in [0.29, 0.717) is 12.5 Å². The van der Waals surface area contributed by atoms with Crippen molar-refractivity contribution in [2.24, 2.45) is 4.99 Å². The second kappa shape index (κ2) is 9.42. The normalized spacial score (nSPS) is 12.6. The van der Waals surface area contributed by atoms with Gasteiger partial charge in [0.25, 0.3) is 0 Å². The lowest BCUT2D eigenvalue weighted by atomic mass is 9.92. The Morgan fingerprint density at radius 3 is 2.38 bits per heavy atom. The maximum absolute atomic E-state index is 4.32. The summed E-state index contributed by atoms with van der Waals surface area (Å²) in [5, 5.41) is 13.7. The van der Waals surface area contributed by atoms with Crippen molar-refractivity contribution in [1.29, 1.82) is 0 Å². The SMILES string of the molecule is CN=C(NCc1ccn[nH]1)NCC(Cc1ccccc1)c1ccccc1. The van der Waals surface area contributed by atoms with Gasteiger partial charge < -0.3 is 10.6 Å². The van der Waals surface area contributed by atoms with Crippen LogP contribution in [0.1, 0.15) is 22.7 Å². The van der Waals surface area contributed by atoms with Gasteiger partial charge >= 0.3 is 0 Å². The fourth-order valence-electron chi connectivity index (χ4n) is 2.93. The van der Waals surface area contributed by atoms with E-state index >= 15 is 0 Å². The Labute approximate surface area is 154 Å². The Kier molecular flexibility index (Phi) is 6.42. The predicted molar refractivity (Wildman–Crippen MR) is 106 cm³/mol. The highest BCUT2D eigenvalue weighted by Crippen LogP contribution is 2.20. The highest BCUT2D eigenvalue weighted by atomic mass is 15.2. The van der Waals surface area contributed by atoms with Gasteiger partial charge in [0.2, 0.25) is 0 Å². The van der Waals surface area contributed by atoms with E-state index in [1.165, 1.54) is 11.1 Å². The van der Waals surface area contributed by atoms with Gasteiger partial charge in [0.05, 0.1) is 12.2 Å². The minimum atomic E-state index is 0.365. The molecule has 5 nitrogen and oxygen atoms in total. The molecule has 1 heterocycles. The Hall–Kier alpha value is -3.08. The maximum Gasteiger partial charge on any atom is 0.191 e. The highest BCUT2D eigenvalue weighted by molar-refractivity contribution is 5.79. The molecule has 0 bridgehead atoms. The molecule has 0 aliphatic carbocycles. The van der Waals surface area contributed by atoms with Crippen LogP contribution < -0.4 is 10.6 Å². The summed E-state index contributed by atoms with van der Waals surface area (Å²) in [6, 6.07) is 23.2. The molecule has 1 aromatic heterocycles. The zero-order chi connectivity index (χ0) is 18.0. The molecule has 2 aromatic carbocycles. The van der Waals surface area contributed by atoms with Crippen molar-refractivity contribution in [3.05, 3.63) is 89.7 Å². The van der Waals surface area contributed by atoms with Crippen molar-refractivity contribution in [1.82, 2.24) is 20.8 Å². The lowest BCUT2D eigenvalue weighted by Gasteiger charge is -2.20. The van der Waals surface area contributed by atoms with Gasteiger partial charge in [-0.3, -0.25) is 10.1 Å². The number of hydrogen-bond acceptors (Lipinski definition) is 2. The van der Waals surface area contributed by atoms with Crippen molar-refractivity contribution >= 4 is 5.96 Å². The minimum Gasteiger partial charge on any atom is -0.356 e. The summed E-state index contributed by atoms with van der Waals surface area (Å²) >= 11 is 0. The molecule has 0 fully saturated rings. The summed E-state index contributed by atoms with van der Waals surface area (Å²) in [4.78, 5) is 4.32. The van der Waals surface area contributed by atoms with Crippen LogP contribution in [0.25, 0.3) is 0 Å². The fourth-order valence-corrected chi connectivity index (χ4v) is 2.93. The number of aliphatic imine (C=N–C) groups is 1. The van der Waals surface area contributed by atoms with Crippen LogP contribution in [0, 0.1) is 0 Å². The zero-order valence-electron chi connectivity index (χ0n) is 15.0. The lowest BCUT2D eigenvalue weighted by molar-refractivity contribution is 0.643. The van der Waals surface area contributed by atoms with Crippen LogP contribution in [0.4, 0.5) is 0 Å². The number of rotatable bonds is 7. The van der Waals surface area contributed by atoms with E-state index in [2.05, 4.69) is 86.5 Å². The number of benzene rings is 2. The average molecular weight is 347 g/mol. The molecule has 26 heavy (non-hydrogen) atoms. The average Bonchev–Trinajstić information content (AvgIpc) is 3.22. The molecule has 3 rings (SSSR count). The first-order chi connectivity index (χ1) is 12.8. The number of aromatic nitrogens is 2. The van der Waals surface area contributed by atoms with Crippen LogP contribution in [0.5, 0.6) is 0 Å². The first-order valence-corrected chi connectivity index (χ1v) is 8.87. The summed E-state index contributed by atoms with van der Waals surface area (Å²) in [6.45, 7) is 1.47. The summed E-state index contributed by atoms with van der Waals surface area (Å²) in [5.41, 5.74) is 3.69. The molecule has 5 heteroatoms. The molecular formula is C21H25N5. The Bertz CT molecular complexity index is 782. The number of guanidine groups is 1. The third-order valence-electron chi connectivity index (χ3n) is 4.34. The number of aromatic amines is 1. The Morgan fingerprint density at radius 1 is 1.00 bits per heavy atom. The van der Waals surface area contributed by atoms with Crippen LogP contribution in [0.15, 0.2) is 77.9 Å². The molecule has 0 aliphatic rings. The third-order valence-corrected chi connectivity index (χ3v) is 4.34. The molecule has 1 atom stereocenters. The van der Waals surface area contributed by atoms with Gasteiger partial charge in [0, 0.05) is 25.7 Å². The van der Waals surface area contributed by atoms with Crippen molar-refractivity contribution in [3.63, 3.8) is 0 Å². The van der Waals surface area contributed by atoms with Gasteiger partial charge in [0.1, 0.15) is 0 Å². The summed E-state index contributed by atoms with van der Waals surface area (Å²) in [7, 11) is 1.79. The predicted octanol–water partition coefficient (Wildman–Crippen LogP) is 3.10. The minimum absolute atomic E-state index is 0.365. The van der Waals surface area contributed by atoms with E-state index in [-0.39, 0.29) is 0 Å². The summed E-state index contributed by atoms with van der Waals surface area (Å²) < 4.78 is 0. The zero-order valence-corrected chi connectivity index (χ0v) is 15.0. The number of nitrogens with one attached hydrogen (secondary N) is 3. The second-order valence-electron chi connectivity index (χ2n) is 6.19. The van der Waals surface area contributed by atoms with E-state index < -0.39 is 0 Å². The first-order valence-electron chi connectivity index (χ1n) is 8.87. The van der Waals surface area contributed by atoms with Crippen LogP contribution in [0.2, 0.25) is 0 Å². The van der Waals surface area contributed by atoms with Gasteiger partial charge in [-0.1, -0.05) is 60.7 Å². The van der Waals surface area contributed by atoms with Crippen LogP contribution in [0.3, 0.4) is 0 Å². The molecule has 0 saturated heterocycles. The molecule has 0 amide bonds. The van der Waals surface area contributed by atoms with E-state index in [0.717, 1.165) is 24.6 Å². The van der Waals surface area contributed by atoms with Gasteiger partial charge in [0.15, 0.2) is 5.96 Å². The number of hydrogen-bond donors (Lipinski definition) is 3. The smallest absolute Gasteiger partial charge is 0.191 e. The van der Waals surface area contributed by atoms with Gasteiger partial charge in [-0.2, -0.15) is 5.10 Å². The van der Waals surface area contributed by atoms with Crippen molar-refractivity contribution < 1.29 is 0 Å². The lowest BCUT2D eigenvalue weighted by Crippen LogP contribution is -2.39. The van der Waals surface area contributed by atoms with Crippen LogP contribution in [-0.2, 0) is 13.0 Å². The van der Waals surface area contributed by atoms with E-state index in [1.54, 1.807) is 13.2 Å². The Balaban J connectivity index is 1.63. The molecule has 3 N–H and O–H groups in total. The summed E-state index contributed by atoms with van der Waals surface area (Å²) in [6.07, 6.45) is 2.73. The summed E-state index contributed by atoms with van der Waals surface area (Å²) in [5.74, 6) is 1.15. The second-order valence-corrected chi connectivity index (χ2v) is 6.19. The maximum atomic E-state index is 4.32. The molecule has 0 radical (unpaired) electrons. The number of H-pyrrole nitrogens is 1. The monoisotopic (exact) mass is 347 g/mol. The first kappa shape index (κ1) is 17.7. The molecule has 1 unspecified atom stereocenters. The largest absolute Gasteiger partial charge is 0.356 e. The third kappa shape index (κ3) is 5.21. The molecule has 0 aliphatic heterocycles.